The lowest BCUT2D eigenvalue weighted by Gasteiger charge is -2.07. The van der Waals surface area contributed by atoms with Gasteiger partial charge in [-0.25, -0.2) is 17.6 Å². The zero-order chi connectivity index (χ0) is 23.4. The molecular weight excluding hydrogens is 424 g/mol. The minimum absolute atomic E-state index is 0.220. The Bertz CT molecular complexity index is 1380. The van der Waals surface area contributed by atoms with Crippen LogP contribution in [0, 0.1) is 35.1 Å². The van der Waals surface area contributed by atoms with E-state index in [9.17, 15) is 17.6 Å². The van der Waals surface area contributed by atoms with Gasteiger partial charge in [0.15, 0.2) is 11.6 Å². The van der Waals surface area contributed by atoms with E-state index in [4.69, 9.17) is 0 Å². The predicted octanol–water partition coefficient (Wildman–Crippen LogP) is 7.53. The van der Waals surface area contributed by atoms with Crippen LogP contribution in [0.15, 0.2) is 66.7 Å². The van der Waals surface area contributed by atoms with E-state index in [1.54, 1.807) is 42.5 Å². The average molecular weight is 446 g/mol. The highest BCUT2D eigenvalue weighted by Gasteiger charge is 2.07. The van der Waals surface area contributed by atoms with Crippen molar-refractivity contribution < 1.29 is 17.6 Å². The van der Waals surface area contributed by atoms with E-state index in [2.05, 4.69) is 18.8 Å². The fourth-order valence-corrected chi connectivity index (χ4v) is 3.79. The third-order valence-electron chi connectivity index (χ3n) is 5.59. The third-order valence-corrected chi connectivity index (χ3v) is 5.59. The fourth-order valence-electron chi connectivity index (χ4n) is 3.79. The molecule has 0 bridgehead atoms. The Balaban J connectivity index is 1.47. The highest BCUT2D eigenvalue weighted by molar-refractivity contribution is 5.84. The van der Waals surface area contributed by atoms with E-state index >= 15 is 0 Å². The van der Waals surface area contributed by atoms with E-state index < -0.39 is 17.5 Å². The van der Waals surface area contributed by atoms with Crippen LogP contribution in [0.4, 0.5) is 17.6 Å². The second-order valence-corrected chi connectivity index (χ2v) is 8.07. The van der Waals surface area contributed by atoms with Gasteiger partial charge in [-0.05, 0) is 89.2 Å². The van der Waals surface area contributed by atoms with Crippen LogP contribution < -0.4 is 0 Å². The SMILES string of the molecule is CCCc1ccc(CCc2ccc(C#Cc3ccc4cc(F)c(F)cc4c3)c(F)c2)c(F)c1. The summed E-state index contributed by atoms with van der Waals surface area (Å²) >= 11 is 0. The Hall–Kier alpha value is -3.58. The standard InChI is InChI=1S/C29H22F4/c1-2-3-19-4-9-22(26(30)15-19)11-6-21-7-12-23(27(31)16-21)10-5-20-8-13-24-17-28(32)29(33)18-25(24)14-20/h4,7-9,12-18H,2-3,6,11H2,1H3. The van der Waals surface area contributed by atoms with Gasteiger partial charge in [-0.3, -0.25) is 0 Å². The molecule has 0 aliphatic heterocycles. The average Bonchev–Trinajstić information content (AvgIpc) is 2.79. The van der Waals surface area contributed by atoms with Crippen molar-refractivity contribution in [2.75, 3.05) is 0 Å². The molecule has 0 fully saturated rings. The number of hydrogen-bond donors (Lipinski definition) is 0. The van der Waals surface area contributed by atoms with Crippen molar-refractivity contribution in [1.82, 2.24) is 0 Å². The van der Waals surface area contributed by atoms with Gasteiger partial charge >= 0.3 is 0 Å². The monoisotopic (exact) mass is 446 g/mol. The molecular formula is C29H22F4. The summed E-state index contributed by atoms with van der Waals surface area (Å²) in [6.45, 7) is 2.06. The molecule has 0 nitrogen and oxygen atoms in total. The molecule has 0 saturated heterocycles. The van der Waals surface area contributed by atoms with Crippen LogP contribution in [-0.2, 0) is 19.3 Å². The number of hydrogen-bond acceptors (Lipinski definition) is 0. The molecule has 166 valence electrons. The molecule has 4 heteroatoms. The molecule has 0 aliphatic rings. The topological polar surface area (TPSA) is 0 Å². The Morgan fingerprint density at radius 1 is 0.576 bits per heavy atom. The number of aryl methyl sites for hydroxylation is 3. The molecule has 33 heavy (non-hydrogen) atoms. The molecule has 0 heterocycles. The fraction of sp³-hybridized carbons (Fsp3) is 0.172. The van der Waals surface area contributed by atoms with E-state index in [1.165, 1.54) is 6.07 Å². The molecule has 0 N–H and O–H groups in total. The summed E-state index contributed by atoms with van der Waals surface area (Å²) < 4.78 is 55.7. The van der Waals surface area contributed by atoms with Crippen LogP contribution >= 0.6 is 0 Å². The number of halogens is 4. The van der Waals surface area contributed by atoms with Gasteiger partial charge in [0, 0.05) is 5.56 Å². The van der Waals surface area contributed by atoms with Crippen LogP contribution in [0.3, 0.4) is 0 Å². The summed E-state index contributed by atoms with van der Waals surface area (Å²) in [5.74, 6) is 3.17. The molecule has 0 saturated carbocycles. The first kappa shape index (κ1) is 22.6. The van der Waals surface area contributed by atoms with Gasteiger partial charge in [0.2, 0.25) is 0 Å². The lowest BCUT2D eigenvalue weighted by molar-refractivity contribution is 0.511. The first-order valence-electron chi connectivity index (χ1n) is 10.9. The molecule has 0 atom stereocenters. The molecule has 0 radical (unpaired) electrons. The molecule has 4 rings (SSSR count). The van der Waals surface area contributed by atoms with Crippen molar-refractivity contribution in [1.29, 1.82) is 0 Å². The Kier molecular flexibility index (Phi) is 6.79. The number of rotatable bonds is 5. The molecule has 4 aromatic carbocycles. The van der Waals surface area contributed by atoms with E-state index in [0.717, 1.165) is 36.1 Å². The predicted molar refractivity (Wildman–Crippen MR) is 124 cm³/mol. The molecule has 0 aromatic heterocycles. The lowest BCUT2D eigenvalue weighted by atomic mass is 10.0. The van der Waals surface area contributed by atoms with Crippen molar-refractivity contribution in [2.45, 2.75) is 32.6 Å². The van der Waals surface area contributed by atoms with E-state index in [-0.39, 0.29) is 11.4 Å². The molecule has 0 unspecified atom stereocenters. The van der Waals surface area contributed by atoms with Crippen LogP contribution in [-0.4, -0.2) is 0 Å². The summed E-state index contributed by atoms with van der Waals surface area (Å²) in [6.07, 6.45) is 2.81. The van der Waals surface area contributed by atoms with Crippen LogP contribution in [0.2, 0.25) is 0 Å². The minimum Gasteiger partial charge on any atom is -0.207 e. The quantitative estimate of drug-likeness (QED) is 0.220. The maximum absolute atomic E-state index is 14.6. The first-order chi connectivity index (χ1) is 15.9. The van der Waals surface area contributed by atoms with Gasteiger partial charge in [0.1, 0.15) is 11.6 Å². The second kappa shape index (κ2) is 9.92. The van der Waals surface area contributed by atoms with E-state index in [0.29, 0.717) is 34.7 Å². The number of fused-ring (bicyclic) bond motifs is 1. The summed E-state index contributed by atoms with van der Waals surface area (Å²) in [5, 5.41) is 1.08. The van der Waals surface area contributed by atoms with Crippen LogP contribution in [0.25, 0.3) is 10.8 Å². The Morgan fingerprint density at radius 3 is 2.00 bits per heavy atom. The zero-order valence-electron chi connectivity index (χ0n) is 18.2. The maximum atomic E-state index is 14.6. The van der Waals surface area contributed by atoms with Crippen molar-refractivity contribution in [3.8, 4) is 11.8 Å². The normalized spacial score (nSPS) is 10.8. The molecule has 4 aromatic rings. The minimum atomic E-state index is -0.925. The Labute approximate surface area is 190 Å². The largest absolute Gasteiger partial charge is 0.207 e. The van der Waals surface area contributed by atoms with Gasteiger partial charge < -0.3 is 0 Å². The van der Waals surface area contributed by atoms with Gasteiger partial charge in [-0.1, -0.05) is 49.5 Å². The Morgan fingerprint density at radius 2 is 1.27 bits per heavy atom. The summed E-state index contributed by atoms with van der Waals surface area (Å²) in [6, 6.07) is 17.4. The van der Waals surface area contributed by atoms with Crippen molar-refractivity contribution >= 4 is 10.8 Å². The van der Waals surface area contributed by atoms with Gasteiger partial charge in [0.25, 0.3) is 0 Å². The highest BCUT2D eigenvalue weighted by Crippen LogP contribution is 2.20. The summed E-state index contributed by atoms with van der Waals surface area (Å²) in [7, 11) is 0. The molecule has 0 spiro atoms. The lowest BCUT2D eigenvalue weighted by Crippen LogP contribution is -1.98. The first-order valence-corrected chi connectivity index (χ1v) is 10.9. The summed E-state index contributed by atoms with van der Waals surface area (Å²) in [4.78, 5) is 0. The molecule has 0 aliphatic carbocycles. The van der Waals surface area contributed by atoms with Crippen LogP contribution in [0.5, 0.6) is 0 Å². The zero-order valence-corrected chi connectivity index (χ0v) is 18.2. The highest BCUT2D eigenvalue weighted by atomic mass is 19.2. The van der Waals surface area contributed by atoms with E-state index in [1.807, 2.05) is 6.07 Å². The van der Waals surface area contributed by atoms with Crippen molar-refractivity contribution in [2.24, 2.45) is 0 Å². The maximum Gasteiger partial charge on any atom is 0.159 e. The van der Waals surface area contributed by atoms with Gasteiger partial charge in [-0.2, -0.15) is 0 Å². The number of benzene rings is 4. The second-order valence-electron chi connectivity index (χ2n) is 8.07. The third kappa shape index (κ3) is 5.43. The molecule has 0 amide bonds. The van der Waals surface area contributed by atoms with Crippen molar-refractivity contribution in [3.05, 3.63) is 118 Å². The van der Waals surface area contributed by atoms with Crippen molar-refractivity contribution in [3.63, 3.8) is 0 Å². The van der Waals surface area contributed by atoms with Crippen LogP contribution in [0.1, 0.15) is 41.2 Å². The van der Waals surface area contributed by atoms with Gasteiger partial charge in [-0.15, -0.1) is 0 Å². The smallest absolute Gasteiger partial charge is 0.159 e. The van der Waals surface area contributed by atoms with Gasteiger partial charge in [0.05, 0.1) is 5.56 Å². The summed E-state index contributed by atoms with van der Waals surface area (Å²) in [5.41, 5.74) is 3.17.